The molecule has 3 atom stereocenters. The zero-order chi connectivity index (χ0) is 17.3. The summed E-state index contributed by atoms with van der Waals surface area (Å²) in [4.78, 5) is 12.7. The van der Waals surface area contributed by atoms with Gasteiger partial charge in [-0.15, -0.1) is 0 Å². The number of carbonyl (C=O) groups excluding carboxylic acids is 1. The summed E-state index contributed by atoms with van der Waals surface area (Å²) in [6.07, 6.45) is 6.36. The molecule has 1 aromatic carbocycles. The maximum atomic E-state index is 12.5. The first-order chi connectivity index (χ1) is 11.5. The molecule has 1 fully saturated rings. The Balaban J connectivity index is 1.69. The summed E-state index contributed by atoms with van der Waals surface area (Å²) < 4.78 is 26.3. The highest BCUT2D eigenvalue weighted by Crippen LogP contribution is 2.43. The van der Waals surface area contributed by atoms with Gasteiger partial charge in [0.1, 0.15) is 0 Å². The Morgan fingerprint density at radius 1 is 1.12 bits per heavy atom. The summed E-state index contributed by atoms with van der Waals surface area (Å²) in [5.41, 5.74) is 0.644. The van der Waals surface area contributed by atoms with E-state index in [1.54, 1.807) is 24.3 Å². The molecule has 1 aromatic rings. The summed E-state index contributed by atoms with van der Waals surface area (Å²) >= 11 is 0. The molecule has 1 amide bonds. The molecule has 0 unspecified atom stereocenters. The van der Waals surface area contributed by atoms with Crippen molar-refractivity contribution in [3.8, 4) is 0 Å². The quantitative estimate of drug-likeness (QED) is 0.804. The fourth-order valence-corrected chi connectivity index (χ4v) is 5.20. The molecule has 0 spiro atoms. The van der Waals surface area contributed by atoms with Crippen LogP contribution in [-0.2, 0) is 14.8 Å². The molecule has 6 heteroatoms. The average molecular weight is 348 g/mol. The molecule has 1 N–H and O–H groups in total. The van der Waals surface area contributed by atoms with Gasteiger partial charge in [-0.05, 0) is 48.9 Å². The lowest BCUT2D eigenvalue weighted by molar-refractivity contribution is -0.120. The predicted octanol–water partition coefficient (Wildman–Crippen LogP) is 2.87. The molecule has 0 aromatic heterocycles. The Bertz CT molecular complexity index is 736. The maximum Gasteiger partial charge on any atom is 0.243 e. The molecule has 0 heterocycles. The molecule has 2 aliphatic carbocycles. The van der Waals surface area contributed by atoms with E-state index in [1.807, 2.05) is 13.8 Å². The van der Waals surface area contributed by atoms with Crippen LogP contribution >= 0.6 is 0 Å². The van der Waals surface area contributed by atoms with Crippen molar-refractivity contribution in [2.45, 2.75) is 31.6 Å². The Morgan fingerprint density at radius 2 is 1.79 bits per heavy atom. The Labute approximate surface area is 143 Å². The summed E-state index contributed by atoms with van der Waals surface area (Å²) in [7, 11) is -3.46. The van der Waals surface area contributed by atoms with Crippen LogP contribution in [0.15, 0.2) is 41.3 Å². The number of rotatable bonds is 6. The molecule has 24 heavy (non-hydrogen) atoms. The van der Waals surface area contributed by atoms with Crippen LogP contribution in [-0.4, -0.2) is 31.7 Å². The van der Waals surface area contributed by atoms with E-state index in [2.05, 4.69) is 17.5 Å². The Kier molecular flexibility index (Phi) is 4.78. The summed E-state index contributed by atoms with van der Waals surface area (Å²) in [5, 5.41) is 2.92. The van der Waals surface area contributed by atoms with Crippen LogP contribution in [0.5, 0.6) is 0 Å². The normalized spacial score (nSPS) is 25.4. The Morgan fingerprint density at radius 3 is 2.29 bits per heavy atom. The number of nitrogens with zero attached hydrogens (tertiary/aromatic N) is 1. The molecular weight excluding hydrogens is 324 g/mol. The number of hydrogen-bond donors (Lipinski definition) is 1. The summed E-state index contributed by atoms with van der Waals surface area (Å²) in [6.45, 7) is 4.52. The number of allylic oxidation sites excluding steroid dienone is 2. The average Bonchev–Trinajstić information content (AvgIpc) is 3.19. The van der Waals surface area contributed by atoms with Gasteiger partial charge in [-0.3, -0.25) is 4.79 Å². The van der Waals surface area contributed by atoms with Crippen LogP contribution in [0.4, 0.5) is 5.69 Å². The van der Waals surface area contributed by atoms with Gasteiger partial charge in [-0.2, -0.15) is 4.31 Å². The van der Waals surface area contributed by atoms with Crippen molar-refractivity contribution in [3.63, 3.8) is 0 Å². The van der Waals surface area contributed by atoms with Gasteiger partial charge >= 0.3 is 0 Å². The SMILES string of the molecule is CCN(CC)S(=O)(=O)c1ccc(NC(=O)[C@H]2C[C@H]3C=C[C@H]2C3)cc1. The van der Waals surface area contributed by atoms with Crippen LogP contribution in [0, 0.1) is 17.8 Å². The third-order valence-electron chi connectivity index (χ3n) is 5.08. The molecule has 2 bridgehead atoms. The second kappa shape index (κ2) is 6.69. The van der Waals surface area contributed by atoms with Crippen LogP contribution in [0.25, 0.3) is 0 Å². The van der Waals surface area contributed by atoms with Crippen molar-refractivity contribution in [1.29, 1.82) is 0 Å². The van der Waals surface area contributed by atoms with Gasteiger partial charge in [0.25, 0.3) is 0 Å². The molecule has 130 valence electrons. The van der Waals surface area contributed by atoms with Crippen molar-refractivity contribution in [2.75, 3.05) is 18.4 Å². The van der Waals surface area contributed by atoms with E-state index in [0.717, 1.165) is 12.8 Å². The number of fused-ring (bicyclic) bond motifs is 2. The number of sulfonamides is 1. The van der Waals surface area contributed by atoms with Crippen LogP contribution < -0.4 is 5.32 Å². The molecule has 5 nitrogen and oxygen atoms in total. The highest BCUT2D eigenvalue weighted by atomic mass is 32.2. The zero-order valence-electron chi connectivity index (χ0n) is 14.1. The van der Waals surface area contributed by atoms with Crippen LogP contribution in [0.1, 0.15) is 26.7 Å². The van der Waals surface area contributed by atoms with Crippen molar-refractivity contribution in [3.05, 3.63) is 36.4 Å². The van der Waals surface area contributed by atoms with Gasteiger partial charge in [0.05, 0.1) is 4.90 Å². The van der Waals surface area contributed by atoms with Crippen molar-refractivity contribution in [1.82, 2.24) is 4.31 Å². The number of amides is 1. The van der Waals surface area contributed by atoms with E-state index < -0.39 is 10.0 Å². The lowest BCUT2D eigenvalue weighted by Gasteiger charge is -2.19. The minimum absolute atomic E-state index is 0.0335. The first-order valence-corrected chi connectivity index (χ1v) is 9.99. The Hall–Kier alpha value is -1.66. The van der Waals surface area contributed by atoms with E-state index in [0.29, 0.717) is 30.6 Å². The topological polar surface area (TPSA) is 66.5 Å². The molecule has 3 rings (SSSR count). The lowest BCUT2D eigenvalue weighted by Crippen LogP contribution is -2.30. The van der Waals surface area contributed by atoms with E-state index in [1.165, 1.54) is 4.31 Å². The molecular formula is C18H24N2O3S. The highest BCUT2D eigenvalue weighted by molar-refractivity contribution is 7.89. The summed E-state index contributed by atoms with van der Waals surface area (Å²) in [5.74, 6) is 0.981. The van der Waals surface area contributed by atoms with Gasteiger partial charge in [0.15, 0.2) is 0 Å². The van der Waals surface area contributed by atoms with Crippen molar-refractivity contribution < 1.29 is 13.2 Å². The molecule has 0 aliphatic heterocycles. The fourth-order valence-electron chi connectivity index (χ4n) is 3.74. The van der Waals surface area contributed by atoms with Gasteiger partial charge < -0.3 is 5.32 Å². The molecule has 1 saturated carbocycles. The minimum atomic E-state index is -3.46. The summed E-state index contributed by atoms with van der Waals surface area (Å²) in [6, 6.07) is 6.45. The first-order valence-electron chi connectivity index (χ1n) is 8.55. The van der Waals surface area contributed by atoms with Crippen molar-refractivity contribution in [2.24, 2.45) is 17.8 Å². The van der Waals surface area contributed by atoms with Crippen molar-refractivity contribution >= 4 is 21.6 Å². The van der Waals surface area contributed by atoms with Crippen LogP contribution in [0.3, 0.4) is 0 Å². The van der Waals surface area contributed by atoms with Gasteiger partial charge in [0.2, 0.25) is 15.9 Å². The monoisotopic (exact) mass is 348 g/mol. The second-order valence-electron chi connectivity index (χ2n) is 6.49. The highest BCUT2D eigenvalue weighted by Gasteiger charge is 2.39. The molecule has 0 radical (unpaired) electrons. The molecule has 0 saturated heterocycles. The zero-order valence-corrected chi connectivity index (χ0v) is 14.9. The van der Waals surface area contributed by atoms with Crippen LogP contribution in [0.2, 0.25) is 0 Å². The fraction of sp³-hybridized carbons (Fsp3) is 0.500. The number of benzene rings is 1. The van der Waals surface area contributed by atoms with Gasteiger partial charge in [0, 0.05) is 24.7 Å². The smallest absolute Gasteiger partial charge is 0.243 e. The minimum Gasteiger partial charge on any atom is -0.326 e. The number of carbonyl (C=O) groups is 1. The number of nitrogens with one attached hydrogen (secondary N) is 1. The predicted molar refractivity (Wildman–Crippen MR) is 94.0 cm³/mol. The number of anilines is 1. The lowest BCUT2D eigenvalue weighted by atomic mass is 9.93. The molecule has 2 aliphatic rings. The maximum absolute atomic E-state index is 12.5. The van der Waals surface area contributed by atoms with E-state index in [-0.39, 0.29) is 16.7 Å². The van der Waals surface area contributed by atoms with E-state index in [9.17, 15) is 13.2 Å². The van der Waals surface area contributed by atoms with E-state index in [4.69, 9.17) is 0 Å². The van der Waals surface area contributed by atoms with Gasteiger partial charge in [-0.25, -0.2) is 8.42 Å². The largest absolute Gasteiger partial charge is 0.326 e. The third-order valence-corrected chi connectivity index (χ3v) is 7.14. The third kappa shape index (κ3) is 3.13. The second-order valence-corrected chi connectivity index (χ2v) is 8.43. The van der Waals surface area contributed by atoms with Gasteiger partial charge in [-0.1, -0.05) is 26.0 Å². The first kappa shape index (κ1) is 17.2. The standard InChI is InChI=1S/C18H24N2O3S/c1-3-20(4-2)24(22,23)16-9-7-15(8-10-16)19-18(21)17-12-13-5-6-14(17)11-13/h5-10,13-14,17H,3-4,11-12H2,1-2H3,(H,19,21)/t13-,14-,17-/m0/s1. The van der Waals surface area contributed by atoms with E-state index >= 15 is 0 Å². The number of hydrogen-bond acceptors (Lipinski definition) is 3.